The second-order valence-corrected chi connectivity index (χ2v) is 8.46. The van der Waals surface area contributed by atoms with E-state index in [9.17, 15) is 0 Å². The molecule has 1 saturated heterocycles. The Hall–Kier alpha value is -0.380. The predicted molar refractivity (Wildman–Crippen MR) is 123 cm³/mol. The molecule has 0 aromatic carbocycles. The summed E-state index contributed by atoms with van der Waals surface area (Å²) in [5, 5.41) is 9.30. The van der Waals surface area contributed by atoms with Crippen LogP contribution in [0.4, 0.5) is 0 Å². The number of halogens is 1. The topological polar surface area (TPSA) is 42.9 Å². The van der Waals surface area contributed by atoms with Gasteiger partial charge in [-0.15, -0.1) is 35.3 Å². The van der Waals surface area contributed by atoms with E-state index in [1.54, 1.807) is 0 Å². The van der Waals surface area contributed by atoms with Crippen molar-refractivity contribution in [2.45, 2.75) is 37.8 Å². The van der Waals surface area contributed by atoms with Gasteiger partial charge < -0.3 is 15.5 Å². The minimum atomic E-state index is 0. The smallest absolute Gasteiger partial charge is 0.191 e. The molecule has 2 aliphatic rings. The SMILES string of the molecule is CN=C(NCC(C1CC1)N(C)C)NCC(c1cccs1)N1CCCC1.I. The number of rotatable bonds is 8. The Kier molecular flexibility index (Phi) is 9.12. The Morgan fingerprint density at radius 3 is 2.50 bits per heavy atom. The summed E-state index contributed by atoms with van der Waals surface area (Å²) < 4.78 is 0. The minimum Gasteiger partial charge on any atom is -0.355 e. The van der Waals surface area contributed by atoms with Crippen LogP contribution in [0.5, 0.6) is 0 Å². The number of likely N-dealkylation sites (N-methyl/N-ethyl adjacent to an activating group) is 1. The number of hydrogen-bond donors (Lipinski definition) is 2. The minimum absolute atomic E-state index is 0. The number of likely N-dealkylation sites (tertiary alicyclic amines) is 1. The quantitative estimate of drug-likeness (QED) is 0.334. The first-order chi connectivity index (χ1) is 12.2. The van der Waals surface area contributed by atoms with E-state index in [4.69, 9.17) is 0 Å². The largest absolute Gasteiger partial charge is 0.355 e. The third-order valence-corrected chi connectivity index (χ3v) is 6.42. The van der Waals surface area contributed by atoms with E-state index < -0.39 is 0 Å². The van der Waals surface area contributed by atoms with Crippen molar-refractivity contribution in [3.8, 4) is 0 Å². The summed E-state index contributed by atoms with van der Waals surface area (Å²) in [4.78, 5) is 10.8. The van der Waals surface area contributed by atoms with E-state index in [-0.39, 0.29) is 24.0 Å². The molecule has 2 N–H and O–H groups in total. The average molecular weight is 491 g/mol. The second kappa shape index (κ2) is 10.8. The van der Waals surface area contributed by atoms with Gasteiger partial charge in [0.2, 0.25) is 0 Å². The van der Waals surface area contributed by atoms with Crippen LogP contribution in [0, 0.1) is 5.92 Å². The lowest BCUT2D eigenvalue weighted by Gasteiger charge is -2.29. The van der Waals surface area contributed by atoms with Gasteiger partial charge in [0.1, 0.15) is 0 Å². The summed E-state index contributed by atoms with van der Waals surface area (Å²) >= 11 is 1.86. The molecule has 1 aliphatic heterocycles. The lowest BCUT2D eigenvalue weighted by Crippen LogP contribution is -2.47. The molecule has 5 nitrogen and oxygen atoms in total. The van der Waals surface area contributed by atoms with Gasteiger partial charge in [-0.05, 0) is 70.2 Å². The fourth-order valence-corrected chi connectivity index (χ4v) is 4.67. The molecule has 0 spiro atoms. The highest BCUT2D eigenvalue weighted by atomic mass is 127. The second-order valence-electron chi connectivity index (χ2n) is 7.48. The third-order valence-electron chi connectivity index (χ3n) is 5.45. The normalized spacial score (nSPS) is 20.7. The zero-order valence-corrected chi connectivity index (χ0v) is 19.4. The van der Waals surface area contributed by atoms with Crippen molar-refractivity contribution in [1.29, 1.82) is 0 Å². The Bertz CT molecular complexity index is 536. The highest BCUT2D eigenvalue weighted by Gasteiger charge is 2.32. The van der Waals surface area contributed by atoms with Crippen LogP contribution in [-0.4, -0.2) is 69.1 Å². The molecule has 3 rings (SSSR count). The number of nitrogens with zero attached hydrogens (tertiary/aromatic N) is 3. The lowest BCUT2D eigenvalue weighted by atomic mass is 10.1. The third kappa shape index (κ3) is 6.07. The van der Waals surface area contributed by atoms with Gasteiger partial charge in [-0.3, -0.25) is 9.89 Å². The standard InChI is InChI=1S/C19H33N5S.HI/c1-20-19(21-13-16(23(2)3)15-8-9-15)22-14-17(18-7-6-12-25-18)24-10-4-5-11-24;/h6-7,12,15-17H,4-5,8-11,13-14H2,1-3H3,(H2,20,21,22);1H. The molecule has 1 saturated carbocycles. The van der Waals surface area contributed by atoms with Crippen molar-refractivity contribution in [1.82, 2.24) is 20.4 Å². The fourth-order valence-electron chi connectivity index (χ4n) is 3.81. The highest BCUT2D eigenvalue weighted by molar-refractivity contribution is 14.0. The van der Waals surface area contributed by atoms with Crippen molar-refractivity contribution in [2.75, 3.05) is 47.3 Å². The maximum Gasteiger partial charge on any atom is 0.191 e. The first kappa shape index (κ1) is 21.9. The van der Waals surface area contributed by atoms with Crippen LogP contribution < -0.4 is 10.6 Å². The Labute approximate surface area is 179 Å². The molecule has 2 atom stereocenters. The maximum atomic E-state index is 4.44. The van der Waals surface area contributed by atoms with Crippen LogP contribution in [0.15, 0.2) is 22.5 Å². The average Bonchev–Trinajstić information content (AvgIpc) is 3.07. The molecule has 1 aromatic rings. The van der Waals surface area contributed by atoms with E-state index >= 15 is 0 Å². The molecule has 0 bridgehead atoms. The van der Waals surface area contributed by atoms with Gasteiger partial charge in [0.05, 0.1) is 6.04 Å². The molecule has 2 unspecified atom stereocenters. The van der Waals surface area contributed by atoms with Crippen molar-refractivity contribution in [3.63, 3.8) is 0 Å². The summed E-state index contributed by atoms with van der Waals surface area (Å²) in [6.07, 6.45) is 5.37. The van der Waals surface area contributed by atoms with Crippen LogP contribution in [0.3, 0.4) is 0 Å². The zero-order valence-electron chi connectivity index (χ0n) is 16.3. The zero-order chi connectivity index (χ0) is 17.6. The first-order valence-corrected chi connectivity index (χ1v) is 10.5. The fraction of sp³-hybridized carbons (Fsp3) is 0.737. The van der Waals surface area contributed by atoms with Crippen LogP contribution in [0.2, 0.25) is 0 Å². The molecule has 1 aromatic heterocycles. The van der Waals surface area contributed by atoms with Gasteiger partial charge in [0.25, 0.3) is 0 Å². The molecule has 7 heteroatoms. The summed E-state index contributed by atoms with van der Waals surface area (Å²) in [6, 6.07) is 5.48. The van der Waals surface area contributed by atoms with Gasteiger partial charge in [0, 0.05) is 31.1 Å². The maximum absolute atomic E-state index is 4.44. The summed E-state index contributed by atoms with van der Waals surface area (Å²) in [7, 11) is 6.23. The summed E-state index contributed by atoms with van der Waals surface area (Å²) in [6.45, 7) is 4.29. The molecule has 0 amide bonds. The number of thiophene rings is 1. The predicted octanol–water partition coefficient (Wildman–Crippen LogP) is 3.01. The van der Waals surface area contributed by atoms with Crippen LogP contribution in [-0.2, 0) is 0 Å². The van der Waals surface area contributed by atoms with Crippen molar-refractivity contribution in [3.05, 3.63) is 22.4 Å². The molecular weight excluding hydrogens is 457 g/mol. The van der Waals surface area contributed by atoms with Gasteiger partial charge in [-0.1, -0.05) is 6.07 Å². The van der Waals surface area contributed by atoms with E-state index in [2.05, 4.69) is 57.0 Å². The number of nitrogens with one attached hydrogen (secondary N) is 2. The molecule has 148 valence electrons. The van der Waals surface area contributed by atoms with E-state index in [0.29, 0.717) is 12.1 Å². The molecule has 2 fully saturated rings. The molecule has 0 radical (unpaired) electrons. The lowest BCUT2D eigenvalue weighted by molar-refractivity contribution is 0.247. The van der Waals surface area contributed by atoms with Gasteiger partial charge >= 0.3 is 0 Å². The van der Waals surface area contributed by atoms with Crippen molar-refractivity contribution in [2.24, 2.45) is 10.9 Å². The van der Waals surface area contributed by atoms with E-state index in [1.165, 1.54) is 43.6 Å². The van der Waals surface area contributed by atoms with Crippen LogP contribution in [0.25, 0.3) is 0 Å². The Morgan fingerprint density at radius 1 is 1.27 bits per heavy atom. The summed E-state index contributed by atoms with van der Waals surface area (Å²) in [5.41, 5.74) is 0. The van der Waals surface area contributed by atoms with Gasteiger partial charge in [-0.25, -0.2) is 0 Å². The van der Waals surface area contributed by atoms with Crippen LogP contribution >= 0.6 is 35.3 Å². The Balaban J connectivity index is 0.00000243. The van der Waals surface area contributed by atoms with E-state index in [0.717, 1.165) is 25.0 Å². The number of guanidine groups is 1. The highest BCUT2D eigenvalue weighted by Crippen LogP contribution is 2.34. The molecule has 1 aliphatic carbocycles. The van der Waals surface area contributed by atoms with Gasteiger partial charge in [0.15, 0.2) is 5.96 Å². The first-order valence-electron chi connectivity index (χ1n) is 9.57. The molecule has 26 heavy (non-hydrogen) atoms. The molecule has 2 heterocycles. The van der Waals surface area contributed by atoms with Crippen LogP contribution in [0.1, 0.15) is 36.6 Å². The Morgan fingerprint density at radius 2 is 1.96 bits per heavy atom. The van der Waals surface area contributed by atoms with Gasteiger partial charge in [-0.2, -0.15) is 0 Å². The molecular formula is C19H34IN5S. The monoisotopic (exact) mass is 491 g/mol. The van der Waals surface area contributed by atoms with Crippen molar-refractivity contribution < 1.29 is 0 Å². The van der Waals surface area contributed by atoms with Crippen molar-refractivity contribution >= 4 is 41.3 Å². The number of aliphatic imine (C=N–C) groups is 1. The number of hydrogen-bond acceptors (Lipinski definition) is 4. The van der Waals surface area contributed by atoms with E-state index in [1.807, 2.05) is 18.4 Å². The summed E-state index contributed by atoms with van der Waals surface area (Å²) in [5.74, 6) is 1.78.